The molecule has 0 aliphatic carbocycles. The molecule has 1 heterocycles. The zero-order chi connectivity index (χ0) is 11.9. The van der Waals surface area contributed by atoms with Crippen molar-refractivity contribution in [3.05, 3.63) is 29.1 Å². The minimum atomic E-state index is -1.30. The zero-order valence-electron chi connectivity index (χ0n) is 10.1. The van der Waals surface area contributed by atoms with Crippen LogP contribution in [0.3, 0.4) is 0 Å². The van der Waals surface area contributed by atoms with Crippen molar-refractivity contribution in [2.24, 2.45) is 0 Å². The van der Waals surface area contributed by atoms with E-state index in [0.717, 1.165) is 5.56 Å². The van der Waals surface area contributed by atoms with Gasteiger partial charge in [-0.3, -0.25) is 4.79 Å². The fourth-order valence-corrected chi connectivity index (χ4v) is 5.34. The Morgan fingerprint density at radius 3 is 2.50 bits per heavy atom. The lowest BCUT2D eigenvalue weighted by Crippen LogP contribution is -2.36. The van der Waals surface area contributed by atoms with Crippen LogP contribution in [0.5, 0.6) is 0 Å². The Bertz CT molecular complexity index is 549. The van der Waals surface area contributed by atoms with Gasteiger partial charge in [0.25, 0.3) is 0 Å². The summed E-state index contributed by atoms with van der Waals surface area (Å²) in [7, 11) is -1.30. The minimum Gasteiger partial charge on any atom is -0.295 e. The smallest absolute Gasteiger partial charge is 0.159 e. The molecule has 0 unspecified atom stereocenters. The number of hydrogen-bond donors (Lipinski definition) is 0. The van der Waals surface area contributed by atoms with Crippen molar-refractivity contribution in [3.8, 4) is 0 Å². The highest BCUT2D eigenvalue weighted by atomic mass is 32.1. The van der Waals surface area contributed by atoms with Crippen LogP contribution in [0.25, 0.3) is 10.1 Å². The molecule has 0 spiro atoms. The van der Waals surface area contributed by atoms with Gasteiger partial charge in [0.15, 0.2) is 5.78 Å². The van der Waals surface area contributed by atoms with Crippen molar-refractivity contribution in [3.63, 3.8) is 0 Å². The predicted octanol–water partition coefficient (Wildman–Crippen LogP) is 3.65. The third kappa shape index (κ3) is 1.97. The van der Waals surface area contributed by atoms with E-state index in [9.17, 15) is 4.79 Å². The van der Waals surface area contributed by atoms with E-state index in [-0.39, 0.29) is 5.78 Å². The van der Waals surface area contributed by atoms with Crippen molar-refractivity contribution < 1.29 is 4.79 Å². The highest BCUT2D eigenvalue weighted by Gasteiger charge is 2.20. The van der Waals surface area contributed by atoms with E-state index in [2.05, 4.69) is 37.2 Å². The Morgan fingerprint density at radius 2 is 1.94 bits per heavy atom. The van der Waals surface area contributed by atoms with E-state index < -0.39 is 8.07 Å². The Balaban J connectivity index is 2.70. The van der Waals surface area contributed by atoms with E-state index in [1.165, 1.54) is 15.3 Å². The second-order valence-electron chi connectivity index (χ2n) is 5.17. The van der Waals surface area contributed by atoms with Crippen molar-refractivity contribution >= 4 is 40.5 Å². The van der Waals surface area contributed by atoms with E-state index >= 15 is 0 Å². The highest BCUT2D eigenvalue weighted by Crippen LogP contribution is 2.23. The Hall–Kier alpha value is -0.933. The van der Waals surface area contributed by atoms with E-state index in [0.29, 0.717) is 0 Å². The monoisotopic (exact) mass is 248 g/mol. The molecule has 0 aliphatic heterocycles. The number of rotatable bonds is 2. The number of Topliss-reactive ketones (excluding diaryl/α,β-unsaturated/α-hetero) is 1. The van der Waals surface area contributed by atoms with Crippen LogP contribution in [-0.2, 0) is 0 Å². The molecule has 0 atom stereocenters. The number of ketones is 1. The molecule has 0 radical (unpaired) electrons. The molecule has 2 aromatic rings. The fraction of sp³-hybridized carbons (Fsp3) is 0.308. The van der Waals surface area contributed by atoms with Gasteiger partial charge >= 0.3 is 0 Å². The molecule has 84 valence electrons. The lowest BCUT2D eigenvalue weighted by atomic mass is 10.1. The number of benzene rings is 1. The fourth-order valence-electron chi connectivity index (χ4n) is 1.83. The van der Waals surface area contributed by atoms with Gasteiger partial charge in [0.1, 0.15) is 0 Å². The summed E-state index contributed by atoms with van der Waals surface area (Å²) in [5, 5.41) is 5.02. The zero-order valence-corrected chi connectivity index (χ0v) is 11.9. The van der Waals surface area contributed by atoms with Gasteiger partial charge in [-0.1, -0.05) is 19.6 Å². The van der Waals surface area contributed by atoms with E-state index in [4.69, 9.17) is 0 Å². The van der Waals surface area contributed by atoms with Crippen molar-refractivity contribution in [2.45, 2.75) is 26.6 Å². The van der Waals surface area contributed by atoms with Gasteiger partial charge in [-0.2, -0.15) is 0 Å². The summed E-state index contributed by atoms with van der Waals surface area (Å²) in [4.78, 5) is 11.4. The maximum absolute atomic E-state index is 11.4. The maximum atomic E-state index is 11.4. The van der Waals surface area contributed by atoms with Crippen LogP contribution < -0.4 is 5.19 Å². The molecule has 0 aliphatic rings. The van der Waals surface area contributed by atoms with E-state index in [1.54, 1.807) is 18.3 Å². The summed E-state index contributed by atoms with van der Waals surface area (Å²) >= 11 is 1.78. The second kappa shape index (κ2) is 3.82. The summed E-state index contributed by atoms with van der Waals surface area (Å²) in [5.74, 6) is 0.148. The number of carbonyl (C=O) groups excluding carboxylic acids is 1. The lowest BCUT2D eigenvalue weighted by Gasteiger charge is -2.15. The topological polar surface area (TPSA) is 17.1 Å². The molecule has 16 heavy (non-hydrogen) atoms. The minimum absolute atomic E-state index is 0.148. The normalized spacial score (nSPS) is 12.0. The summed E-state index contributed by atoms with van der Waals surface area (Å²) < 4.78 is 1.29. The predicted molar refractivity (Wildman–Crippen MR) is 74.8 cm³/mol. The Labute approximate surface area is 101 Å². The van der Waals surface area contributed by atoms with Crippen LogP contribution >= 0.6 is 11.3 Å². The van der Waals surface area contributed by atoms with Gasteiger partial charge < -0.3 is 0 Å². The molecule has 0 amide bonds. The molecule has 1 aromatic heterocycles. The lowest BCUT2D eigenvalue weighted by molar-refractivity contribution is 0.101. The second-order valence-corrected chi connectivity index (χ2v) is 11.1. The van der Waals surface area contributed by atoms with Crippen molar-refractivity contribution in [1.82, 2.24) is 0 Å². The first kappa shape index (κ1) is 11.5. The quantitative estimate of drug-likeness (QED) is 0.585. The molecule has 2 rings (SSSR count). The maximum Gasteiger partial charge on any atom is 0.159 e. The number of hydrogen-bond acceptors (Lipinski definition) is 2. The number of carbonyl (C=O) groups is 1. The van der Waals surface area contributed by atoms with Gasteiger partial charge in [0, 0.05) is 10.3 Å². The van der Waals surface area contributed by atoms with Crippen LogP contribution in [0.2, 0.25) is 19.6 Å². The van der Waals surface area contributed by atoms with Gasteiger partial charge in [0.2, 0.25) is 0 Å². The van der Waals surface area contributed by atoms with Crippen LogP contribution in [0, 0.1) is 0 Å². The molecule has 0 bridgehead atoms. The average Bonchev–Trinajstić information content (AvgIpc) is 2.58. The summed E-state index contributed by atoms with van der Waals surface area (Å²) in [5.41, 5.74) is 0.824. The third-order valence-corrected chi connectivity index (χ3v) is 5.99. The van der Waals surface area contributed by atoms with Gasteiger partial charge in [-0.15, -0.1) is 11.3 Å². The highest BCUT2D eigenvalue weighted by molar-refractivity contribution is 7.19. The first-order valence-electron chi connectivity index (χ1n) is 5.42. The number of fused-ring (bicyclic) bond motifs is 1. The largest absolute Gasteiger partial charge is 0.295 e. The molecule has 0 fully saturated rings. The molecule has 1 nitrogen and oxygen atoms in total. The third-order valence-electron chi connectivity index (χ3n) is 2.79. The average molecular weight is 248 g/mol. The Morgan fingerprint density at radius 1 is 1.25 bits per heavy atom. The standard InChI is InChI=1S/C13H16OSSi/c1-9(14)10-5-6-12-11(7-10)13(8-15-12)16(2,3)4/h5-8H,1-4H3. The summed E-state index contributed by atoms with van der Waals surface area (Å²) in [6, 6.07) is 6.05. The molecular weight excluding hydrogens is 232 g/mol. The summed E-state index contributed by atoms with van der Waals surface area (Å²) in [6.45, 7) is 8.65. The molecule has 3 heteroatoms. The van der Waals surface area contributed by atoms with Gasteiger partial charge in [-0.05, 0) is 41.1 Å². The molecule has 0 N–H and O–H groups in total. The SMILES string of the molecule is CC(=O)c1ccc2scc([Si](C)(C)C)c2c1. The van der Waals surface area contributed by atoms with Crippen LogP contribution in [0.4, 0.5) is 0 Å². The number of thiophene rings is 1. The van der Waals surface area contributed by atoms with Crippen molar-refractivity contribution in [2.75, 3.05) is 0 Å². The summed E-state index contributed by atoms with van der Waals surface area (Å²) in [6.07, 6.45) is 0. The molecule has 0 saturated carbocycles. The molecule has 0 saturated heterocycles. The van der Waals surface area contributed by atoms with Crippen LogP contribution in [0.1, 0.15) is 17.3 Å². The Kier molecular flexibility index (Phi) is 2.76. The van der Waals surface area contributed by atoms with Crippen LogP contribution in [-0.4, -0.2) is 13.9 Å². The van der Waals surface area contributed by atoms with Gasteiger partial charge in [0.05, 0.1) is 8.07 Å². The van der Waals surface area contributed by atoms with Gasteiger partial charge in [-0.25, -0.2) is 0 Å². The van der Waals surface area contributed by atoms with Crippen LogP contribution in [0.15, 0.2) is 23.6 Å². The van der Waals surface area contributed by atoms with E-state index in [1.807, 2.05) is 6.07 Å². The molecule has 1 aromatic carbocycles. The van der Waals surface area contributed by atoms with Crippen molar-refractivity contribution in [1.29, 1.82) is 0 Å². The first-order chi connectivity index (χ1) is 7.39. The first-order valence-corrected chi connectivity index (χ1v) is 9.80. The molecular formula is C13H16OSSi.